The molecule has 0 saturated carbocycles. The Labute approximate surface area is 72.8 Å². The molecule has 0 bridgehead atoms. The van der Waals surface area contributed by atoms with Crippen LogP contribution >= 0.6 is 11.8 Å². The van der Waals surface area contributed by atoms with Crippen LogP contribution in [-0.2, 0) is 0 Å². The van der Waals surface area contributed by atoms with Gasteiger partial charge in [0.2, 0.25) is 0 Å². The lowest BCUT2D eigenvalue weighted by Crippen LogP contribution is -1.85. The first kappa shape index (κ1) is 10.3. The highest BCUT2D eigenvalue weighted by atomic mass is 32.2. The van der Waals surface area contributed by atoms with Crippen molar-refractivity contribution < 1.29 is 0 Å². The molecule has 60 valence electrons. The fourth-order valence-corrected chi connectivity index (χ4v) is 1.30. The van der Waals surface area contributed by atoms with Gasteiger partial charge in [0, 0.05) is 12.7 Å². The summed E-state index contributed by atoms with van der Waals surface area (Å²) in [6, 6.07) is 1.75. The van der Waals surface area contributed by atoms with Crippen LogP contribution in [-0.4, -0.2) is 5.75 Å². The predicted octanol–water partition coefficient (Wildman–Crippen LogP) is 3.11. The molecular weight excluding hydrogens is 154 g/mol. The van der Waals surface area contributed by atoms with E-state index in [1.165, 1.54) is 23.2 Å². The Hall–Kier alpha value is -0.680. The summed E-state index contributed by atoms with van der Waals surface area (Å²) in [6.45, 7) is 5.74. The Morgan fingerprint density at radius 2 is 2.00 bits per heavy atom. The minimum Gasteiger partial charge on any atom is -0.199 e. The highest BCUT2D eigenvalue weighted by molar-refractivity contribution is 8.03. The number of thioether (sulfide) groups is 1. The Bertz CT molecular complexity index is 190. The van der Waals surface area contributed by atoms with E-state index in [0.717, 1.165) is 0 Å². The maximum Gasteiger partial charge on any atom is 0.0587 e. The van der Waals surface area contributed by atoms with Gasteiger partial charge in [0.15, 0.2) is 0 Å². The van der Waals surface area contributed by atoms with E-state index in [9.17, 15) is 0 Å². The summed E-state index contributed by atoms with van der Waals surface area (Å²) in [4.78, 5) is 1.43. The van der Waals surface area contributed by atoms with Gasteiger partial charge in [0.05, 0.1) is 6.07 Å². The van der Waals surface area contributed by atoms with E-state index in [2.05, 4.69) is 26.0 Å². The van der Waals surface area contributed by atoms with Gasteiger partial charge in [-0.05, 0) is 18.8 Å². The van der Waals surface area contributed by atoms with E-state index >= 15 is 0 Å². The standard InChI is InChI=1S/C7H10S.C2H3N/c1-6-3-4-7(2)8-5-6;1-2-3/h3-4H,5H2,1-2H3;1H3. The van der Waals surface area contributed by atoms with Crippen molar-refractivity contribution in [1.82, 2.24) is 0 Å². The van der Waals surface area contributed by atoms with Gasteiger partial charge in [0.1, 0.15) is 0 Å². The molecule has 1 aliphatic rings. The average Bonchev–Trinajstić information content (AvgIpc) is 1.97. The zero-order valence-electron chi connectivity index (χ0n) is 7.22. The summed E-state index contributed by atoms with van der Waals surface area (Å²) in [5, 5.41) is 7.32. The fraction of sp³-hybridized carbons (Fsp3) is 0.444. The minimum atomic E-state index is 1.18. The quantitative estimate of drug-likeness (QED) is 0.553. The molecule has 1 nitrogen and oxygen atoms in total. The second-order valence-corrected chi connectivity index (χ2v) is 3.52. The first-order valence-electron chi connectivity index (χ1n) is 3.48. The van der Waals surface area contributed by atoms with E-state index in [4.69, 9.17) is 5.26 Å². The minimum absolute atomic E-state index is 1.18. The average molecular weight is 167 g/mol. The van der Waals surface area contributed by atoms with Crippen LogP contribution in [0, 0.1) is 11.3 Å². The second kappa shape index (κ2) is 6.06. The third-order valence-corrected chi connectivity index (χ3v) is 2.32. The second-order valence-electron chi connectivity index (χ2n) is 2.30. The number of hydrogen-bond donors (Lipinski definition) is 0. The molecule has 0 aromatic carbocycles. The molecule has 1 aliphatic heterocycles. The fourth-order valence-electron chi connectivity index (χ4n) is 0.584. The lowest BCUT2D eigenvalue weighted by Gasteiger charge is -2.05. The summed E-state index contributed by atoms with van der Waals surface area (Å²) in [7, 11) is 0. The molecule has 0 unspecified atom stereocenters. The molecule has 0 amide bonds. The van der Waals surface area contributed by atoms with Crippen LogP contribution in [0.15, 0.2) is 22.6 Å². The highest BCUT2D eigenvalue weighted by Gasteiger charge is 1.96. The molecular formula is C9H13NS. The van der Waals surface area contributed by atoms with Gasteiger partial charge in [-0.3, -0.25) is 0 Å². The Balaban J connectivity index is 0.000000292. The monoisotopic (exact) mass is 167 g/mol. The lowest BCUT2D eigenvalue weighted by atomic mass is 10.3. The molecule has 1 rings (SSSR count). The van der Waals surface area contributed by atoms with Gasteiger partial charge >= 0.3 is 0 Å². The van der Waals surface area contributed by atoms with Crippen LogP contribution in [0.3, 0.4) is 0 Å². The van der Waals surface area contributed by atoms with Crippen molar-refractivity contribution in [3.8, 4) is 6.07 Å². The largest absolute Gasteiger partial charge is 0.199 e. The van der Waals surface area contributed by atoms with Crippen LogP contribution < -0.4 is 0 Å². The van der Waals surface area contributed by atoms with E-state index in [0.29, 0.717) is 0 Å². The van der Waals surface area contributed by atoms with Crippen molar-refractivity contribution in [3.63, 3.8) is 0 Å². The van der Waals surface area contributed by atoms with Crippen LogP contribution in [0.4, 0.5) is 0 Å². The molecule has 0 aliphatic carbocycles. The van der Waals surface area contributed by atoms with Crippen molar-refractivity contribution in [2.24, 2.45) is 0 Å². The van der Waals surface area contributed by atoms with Crippen LogP contribution in [0.25, 0.3) is 0 Å². The third kappa shape index (κ3) is 5.75. The number of nitrogens with zero attached hydrogens (tertiary/aromatic N) is 1. The molecule has 0 aromatic rings. The van der Waals surface area contributed by atoms with Crippen molar-refractivity contribution in [3.05, 3.63) is 22.6 Å². The van der Waals surface area contributed by atoms with Crippen LogP contribution in [0.1, 0.15) is 20.8 Å². The number of allylic oxidation sites excluding steroid dienone is 3. The zero-order valence-corrected chi connectivity index (χ0v) is 8.03. The SMILES string of the molecule is CC#N.CC1=CC=C(C)SC1. The molecule has 11 heavy (non-hydrogen) atoms. The number of hydrogen-bond acceptors (Lipinski definition) is 2. The summed E-state index contributed by atoms with van der Waals surface area (Å²) in [6.07, 6.45) is 4.36. The number of nitriles is 1. The summed E-state index contributed by atoms with van der Waals surface area (Å²) in [5.41, 5.74) is 1.47. The smallest absolute Gasteiger partial charge is 0.0587 e. The van der Waals surface area contributed by atoms with Gasteiger partial charge in [-0.25, -0.2) is 0 Å². The van der Waals surface area contributed by atoms with Gasteiger partial charge in [0.25, 0.3) is 0 Å². The van der Waals surface area contributed by atoms with Crippen LogP contribution in [0.5, 0.6) is 0 Å². The van der Waals surface area contributed by atoms with E-state index < -0.39 is 0 Å². The molecule has 0 atom stereocenters. The maximum absolute atomic E-state index is 7.32. The Morgan fingerprint density at radius 1 is 1.45 bits per heavy atom. The zero-order chi connectivity index (χ0) is 8.69. The molecule has 0 N–H and O–H groups in total. The Morgan fingerprint density at radius 3 is 2.27 bits per heavy atom. The Kier molecular flexibility index (Phi) is 5.68. The topological polar surface area (TPSA) is 23.8 Å². The highest BCUT2D eigenvalue weighted by Crippen LogP contribution is 2.22. The number of rotatable bonds is 0. The first-order chi connectivity index (χ1) is 5.20. The van der Waals surface area contributed by atoms with Gasteiger partial charge < -0.3 is 0 Å². The summed E-state index contributed by atoms with van der Waals surface area (Å²) < 4.78 is 0. The van der Waals surface area contributed by atoms with E-state index in [1.807, 2.05) is 11.8 Å². The molecule has 0 aromatic heterocycles. The van der Waals surface area contributed by atoms with E-state index in [1.54, 1.807) is 6.07 Å². The van der Waals surface area contributed by atoms with Crippen molar-refractivity contribution in [2.45, 2.75) is 20.8 Å². The van der Waals surface area contributed by atoms with Gasteiger partial charge in [-0.1, -0.05) is 17.7 Å². The van der Waals surface area contributed by atoms with Gasteiger partial charge in [-0.2, -0.15) is 5.26 Å². The lowest BCUT2D eigenvalue weighted by molar-refractivity contribution is 1.39. The maximum atomic E-state index is 7.32. The molecule has 1 heterocycles. The van der Waals surface area contributed by atoms with E-state index in [-0.39, 0.29) is 0 Å². The first-order valence-corrected chi connectivity index (χ1v) is 4.47. The molecule has 0 saturated heterocycles. The summed E-state index contributed by atoms with van der Waals surface area (Å²) in [5.74, 6) is 1.18. The normalized spacial score (nSPS) is 15.1. The van der Waals surface area contributed by atoms with Crippen molar-refractivity contribution >= 4 is 11.8 Å². The van der Waals surface area contributed by atoms with Crippen molar-refractivity contribution in [2.75, 3.05) is 5.75 Å². The molecule has 0 radical (unpaired) electrons. The molecule has 2 heteroatoms. The summed E-state index contributed by atoms with van der Waals surface area (Å²) >= 11 is 1.92. The molecule has 0 spiro atoms. The third-order valence-electron chi connectivity index (χ3n) is 1.13. The molecule has 0 fully saturated rings. The van der Waals surface area contributed by atoms with Crippen molar-refractivity contribution in [1.29, 1.82) is 5.26 Å². The van der Waals surface area contributed by atoms with Gasteiger partial charge in [-0.15, -0.1) is 11.8 Å². The van der Waals surface area contributed by atoms with Crippen LogP contribution in [0.2, 0.25) is 0 Å². The predicted molar refractivity (Wildman–Crippen MR) is 51.3 cm³/mol.